The third-order valence-corrected chi connectivity index (χ3v) is 4.51. The molecule has 3 aromatic rings. The number of rotatable bonds is 0. The third kappa shape index (κ3) is 2.14. The van der Waals surface area contributed by atoms with Crippen molar-refractivity contribution in [1.82, 2.24) is 0 Å². The van der Waals surface area contributed by atoms with Gasteiger partial charge in [0, 0.05) is 8.95 Å². The first-order valence-corrected chi connectivity index (χ1v) is 6.62. The molecule has 0 unspecified atom stereocenters. The van der Waals surface area contributed by atoms with E-state index in [2.05, 4.69) is 80.4 Å². The Morgan fingerprint density at radius 1 is 0.529 bits per heavy atom. The summed E-state index contributed by atoms with van der Waals surface area (Å²) < 4.78 is 2.34. The standard InChI is InChI=1S/C14H8Br2.Mg.2H/c15-13-9-5-1-2-6-10(9)14(16)12-8-4-3-7-11(12)13;;;/h1-8H;;;. The van der Waals surface area contributed by atoms with Crippen LogP contribution in [0.15, 0.2) is 57.5 Å². The SMILES string of the molecule is Brc1c2ccccc2c(Br)c2ccccc12.[MgH2]. The average molecular weight is 362 g/mol. The molecule has 0 nitrogen and oxygen atoms in total. The summed E-state index contributed by atoms with van der Waals surface area (Å²) in [5, 5.41) is 4.97. The molecule has 3 rings (SSSR count). The van der Waals surface area contributed by atoms with Gasteiger partial charge in [0.25, 0.3) is 0 Å². The summed E-state index contributed by atoms with van der Waals surface area (Å²) in [7, 11) is 0. The minimum atomic E-state index is 0. The van der Waals surface area contributed by atoms with E-state index in [4.69, 9.17) is 0 Å². The number of hydrogen-bond donors (Lipinski definition) is 0. The first-order valence-electron chi connectivity index (χ1n) is 5.03. The highest BCUT2D eigenvalue weighted by atomic mass is 79.9. The second-order valence-corrected chi connectivity index (χ2v) is 5.31. The molecule has 17 heavy (non-hydrogen) atoms. The molecular formula is C14H10Br2Mg. The molecule has 0 amide bonds. The Balaban J connectivity index is 0.00000108. The molecule has 0 aliphatic heterocycles. The Morgan fingerprint density at radius 3 is 1.00 bits per heavy atom. The van der Waals surface area contributed by atoms with Crippen LogP contribution in [0.5, 0.6) is 0 Å². The van der Waals surface area contributed by atoms with E-state index in [-0.39, 0.29) is 23.1 Å². The van der Waals surface area contributed by atoms with Gasteiger partial charge in [-0.25, -0.2) is 0 Å². The lowest BCUT2D eigenvalue weighted by atomic mass is 10.0. The highest BCUT2D eigenvalue weighted by Crippen LogP contribution is 2.38. The van der Waals surface area contributed by atoms with Gasteiger partial charge in [-0.3, -0.25) is 0 Å². The number of halogens is 2. The topological polar surface area (TPSA) is 0 Å². The summed E-state index contributed by atoms with van der Waals surface area (Å²) >= 11 is 7.39. The summed E-state index contributed by atoms with van der Waals surface area (Å²) in [6.45, 7) is 0. The fourth-order valence-corrected chi connectivity index (χ4v) is 3.41. The zero-order chi connectivity index (χ0) is 11.1. The summed E-state index contributed by atoms with van der Waals surface area (Å²) in [6, 6.07) is 16.8. The van der Waals surface area contributed by atoms with Crippen molar-refractivity contribution in [2.24, 2.45) is 0 Å². The summed E-state index contributed by atoms with van der Waals surface area (Å²) in [6.07, 6.45) is 0. The maximum Gasteiger partial charge on any atom is 0.316 e. The first kappa shape index (κ1) is 13.3. The van der Waals surface area contributed by atoms with Crippen molar-refractivity contribution in [3.63, 3.8) is 0 Å². The van der Waals surface area contributed by atoms with Crippen molar-refractivity contribution < 1.29 is 0 Å². The lowest BCUT2D eigenvalue weighted by molar-refractivity contribution is 1.72. The number of fused-ring (bicyclic) bond motifs is 2. The molecule has 0 heterocycles. The van der Waals surface area contributed by atoms with Gasteiger partial charge in [0.05, 0.1) is 0 Å². The largest absolute Gasteiger partial charge is 0.316 e. The van der Waals surface area contributed by atoms with E-state index >= 15 is 0 Å². The lowest BCUT2D eigenvalue weighted by Crippen LogP contribution is -1.81. The fourth-order valence-electron chi connectivity index (χ4n) is 2.02. The van der Waals surface area contributed by atoms with Gasteiger partial charge in [0.1, 0.15) is 0 Å². The van der Waals surface area contributed by atoms with E-state index in [0.717, 1.165) is 0 Å². The van der Waals surface area contributed by atoms with Crippen molar-refractivity contribution in [3.8, 4) is 0 Å². The van der Waals surface area contributed by atoms with Crippen LogP contribution in [-0.4, -0.2) is 23.1 Å². The van der Waals surface area contributed by atoms with Gasteiger partial charge in [0.15, 0.2) is 0 Å². The molecule has 0 saturated carbocycles. The Hall–Kier alpha value is -0.0938. The van der Waals surface area contributed by atoms with E-state index in [1.54, 1.807) is 0 Å². The highest BCUT2D eigenvalue weighted by Gasteiger charge is 2.08. The molecule has 3 heteroatoms. The quantitative estimate of drug-likeness (QED) is 0.405. The van der Waals surface area contributed by atoms with Gasteiger partial charge < -0.3 is 0 Å². The first-order chi connectivity index (χ1) is 7.79. The molecule has 0 atom stereocenters. The van der Waals surface area contributed by atoms with Crippen LogP contribution in [0, 0.1) is 0 Å². The molecule has 0 radical (unpaired) electrons. The van der Waals surface area contributed by atoms with Crippen molar-refractivity contribution >= 4 is 76.5 Å². The Morgan fingerprint density at radius 2 is 0.765 bits per heavy atom. The van der Waals surface area contributed by atoms with E-state index in [1.807, 2.05) is 0 Å². The second-order valence-electron chi connectivity index (χ2n) is 3.72. The minimum Gasteiger partial charge on any atom is -0.0616 e. The monoisotopic (exact) mass is 360 g/mol. The van der Waals surface area contributed by atoms with Crippen LogP contribution in [0.3, 0.4) is 0 Å². The van der Waals surface area contributed by atoms with Gasteiger partial charge in [-0.2, -0.15) is 0 Å². The van der Waals surface area contributed by atoms with Gasteiger partial charge in [-0.05, 0) is 53.4 Å². The van der Waals surface area contributed by atoms with Gasteiger partial charge in [-0.1, -0.05) is 48.5 Å². The summed E-state index contributed by atoms with van der Waals surface area (Å²) in [4.78, 5) is 0. The molecule has 0 aliphatic rings. The molecule has 0 saturated heterocycles. The summed E-state index contributed by atoms with van der Waals surface area (Å²) in [5.41, 5.74) is 0. The van der Waals surface area contributed by atoms with Crippen molar-refractivity contribution in [2.45, 2.75) is 0 Å². The molecular weight excluding hydrogens is 352 g/mol. The predicted octanol–water partition coefficient (Wildman–Crippen LogP) is 4.60. The lowest BCUT2D eigenvalue weighted by Gasteiger charge is -2.09. The Labute approximate surface area is 133 Å². The molecule has 0 fully saturated rings. The zero-order valence-corrected chi connectivity index (χ0v) is 11.5. The molecule has 0 spiro atoms. The minimum absolute atomic E-state index is 0. The van der Waals surface area contributed by atoms with Gasteiger partial charge in [0.2, 0.25) is 0 Å². The predicted molar refractivity (Wildman–Crippen MR) is 85.4 cm³/mol. The maximum atomic E-state index is 3.70. The maximum absolute atomic E-state index is 3.70. The van der Waals surface area contributed by atoms with Crippen LogP contribution in [0.25, 0.3) is 21.5 Å². The van der Waals surface area contributed by atoms with Crippen molar-refractivity contribution in [1.29, 1.82) is 0 Å². The van der Waals surface area contributed by atoms with Crippen molar-refractivity contribution in [3.05, 3.63) is 57.5 Å². The molecule has 0 aromatic heterocycles. The number of benzene rings is 3. The Kier molecular flexibility index (Phi) is 4.13. The highest BCUT2D eigenvalue weighted by molar-refractivity contribution is 9.11. The van der Waals surface area contributed by atoms with E-state index in [9.17, 15) is 0 Å². The van der Waals surface area contributed by atoms with Crippen LogP contribution >= 0.6 is 31.9 Å². The van der Waals surface area contributed by atoms with Gasteiger partial charge in [-0.15, -0.1) is 0 Å². The summed E-state index contributed by atoms with van der Waals surface area (Å²) in [5.74, 6) is 0. The van der Waals surface area contributed by atoms with Crippen LogP contribution < -0.4 is 0 Å². The number of hydrogen-bond acceptors (Lipinski definition) is 0. The molecule has 0 aliphatic carbocycles. The Bertz CT molecular complexity index is 575. The van der Waals surface area contributed by atoms with Crippen molar-refractivity contribution in [2.75, 3.05) is 0 Å². The third-order valence-electron chi connectivity index (χ3n) is 2.80. The van der Waals surface area contributed by atoms with Crippen LogP contribution in [-0.2, 0) is 0 Å². The van der Waals surface area contributed by atoms with E-state index in [1.165, 1.54) is 30.5 Å². The van der Waals surface area contributed by atoms with E-state index in [0.29, 0.717) is 0 Å². The van der Waals surface area contributed by atoms with Crippen LogP contribution in [0.2, 0.25) is 0 Å². The fraction of sp³-hybridized carbons (Fsp3) is 0. The smallest absolute Gasteiger partial charge is 0.0616 e. The second kappa shape index (κ2) is 5.27. The molecule has 0 bridgehead atoms. The van der Waals surface area contributed by atoms with Gasteiger partial charge >= 0.3 is 23.1 Å². The average Bonchev–Trinajstić information content (AvgIpc) is 2.36. The van der Waals surface area contributed by atoms with Crippen LogP contribution in [0.4, 0.5) is 0 Å². The van der Waals surface area contributed by atoms with Crippen LogP contribution in [0.1, 0.15) is 0 Å². The molecule has 0 N–H and O–H groups in total. The van der Waals surface area contributed by atoms with E-state index < -0.39 is 0 Å². The normalized spacial score (nSPS) is 10.5. The zero-order valence-electron chi connectivity index (χ0n) is 8.37. The molecule has 3 aromatic carbocycles. The molecule has 82 valence electrons.